The van der Waals surface area contributed by atoms with E-state index >= 15 is 0 Å². The summed E-state index contributed by atoms with van der Waals surface area (Å²) < 4.78 is 11.2. The summed E-state index contributed by atoms with van der Waals surface area (Å²) in [5.74, 6) is 0. The van der Waals surface area contributed by atoms with E-state index in [2.05, 4.69) is 30.4 Å². The highest BCUT2D eigenvalue weighted by Gasteiger charge is 2.39. The van der Waals surface area contributed by atoms with E-state index in [-0.39, 0.29) is 18.2 Å². The second-order valence-corrected chi connectivity index (χ2v) is 7.34. The molecule has 0 spiro atoms. The number of fused-ring (bicyclic) bond motifs is 2. The third-order valence-corrected chi connectivity index (χ3v) is 4.12. The van der Waals surface area contributed by atoms with Crippen LogP contribution in [-0.4, -0.2) is 41.9 Å². The Hall–Kier alpha value is -2.07. The van der Waals surface area contributed by atoms with Gasteiger partial charge in [0.25, 0.3) is 0 Å². The summed E-state index contributed by atoms with van der Waals surface area (Å²) in [4.78, 5) is 14.4. The average molecular weight is 327 g/mol. The number of allylic oxidation sites excluding steroid dienone is 1. The molecule has 2 aliphatic rings. The van der Waals surface area contributed by atoms with Crippen LogP contribution < -0.4 is 0 Å². The molecule has 0 aliphatic carbocycles. The summed E-state index contributed by atoms with van der Waals surface area (Å²) in [5, 5.41) is 0. The fourth-order valence-electron chi connectivity index (χ4n) is 3.12. The first kappa shape index (κ1) is 16.8. The minimum absolute atomic E-state index is 0.0408. The van der Waals surface area contributed by atoms with Gasteiger partial charge in [-0.3, -0.25) is 4.90 Å². The van der Waals surface area contributed by atoms with E-state index in [1.807, 2.05) is 43.9 Å². The predicted molar refractivity (Wildman–Crippen MR) is 94.6 cm³/mol. The van der Waals surface area contributed by atoms with Crippen molar-refractivity contribution in [2.24, 2.45) is 0 Å². The predicted octanol–water partition coefficient (Wildman–Crippen LogP) is 4.03. The molecule has 0 radical (unpaired) electrons. The molecule has 0 saturated carbocycles. The molecule has 1 aromatic carbocycles. The van der Waals surface area contributed by atoms with Crippen molar-refractivity contribution in [3.8, 4) is 0 Å². The molecular weight excluding hydrogens is 302 g/mol. The highest BCUT2D eigenvalue weighted by molar-refractivity contribution is 5.70. The quantitative estimate of drug-likeness (QED) is 0.823. The van der Waals surface area contributed by atoms with Gasteiger partial charge in [0.05, 0.1) is 25.3 Å². The van der Waals surface area contributed by atoms with Crippen LogP contribution in [0.25, 0.3) is 6.08 Å². The van der Waals surface area contributed by atoms with Crippen molar-refractivity contribution in [1.82, 2.24) is 4.90 Å². The second-order valence-electron chi connectivity index (χ2n) is 7.34. The van der Waals surface area contributed by atoms with Gasteiger partial charge in [-0.25, -0.2) is 4.79 Å². The van der Waals surface area contributed by atoms with Crippen LogP contribution >= 0.6 is 0 Å². The smallest absolute Gasteiger partial charge is 0.411 e. The summed E-state index contributed by atoms with van der Waals surface area (Å²) in [7, 11) is 0. The van der Waals surface area contributed by atoms with E-state index in [1.165, 1.54) is 11.1 Å². The molecule has 2 atom stereocenters. The highest BCUT2D eigenvalue weighted by atomic mass is 16.6. The highest BCUT2D eigenvalue weighted by Crippen LogP contribution is 2.29. The van der Waals surface area contributed by atoms with Crippen molar-refractivity contribution in [1.29, 1.82) is 0 Å². The van der Waals surface area contributed by atoms with Crippen molar-refractivity contribution in [3.05, 3.63) is 53.6 Å². The summed E-state index contributed by atoms with van der Waals surface area (Å²) in [6.45, 7) is 6.77. The number of nitrogens with zero attached hydrogens (tertiary/aromatic N) is 1. The number of hydrogen-bond donors (Lipinski definition) is 0. The van der Waals surface area contributed by atoms with Gasteiger partial charge in [-0.1, -0.05) is 48.6 Å². The fourth-order valence-corrected chi connectivity index (χ4v) is 3.12. The lowest BCUT2D eigenvalue weighted by Gasteiger charge is -2.44. The van der Waals surface area contributed by atoms with Crippen molar-refractivity contribution in [2.45, 2.75) is 44.9 Å². The Morgan fingerprint density at radius 3 is 2.62 bits per heavy atom. The Balaban J connectivity index is 1.75. The standard InChI is InChI=1S/C20H25NO3/c1-20(2,3)24-19(22)21-17-11-16(12-18(21)14-23-13-17)10-9-15-7-5-4-6-8-15/h4-11,17-18H,12-14H2,1-3H3/b10-9+. The molecule has 1 saturated heterocycles. The molecule has 128 valence electrons. The first-order valence-corrected chi connectivity index (χ1v) is 8.45. The molecule has 3 rings (SSSR count). The molecule has 0 N–H and O–H groups in total. The third kappa shape index (κ3) is 4.06. The lowest BCUT2D eigenvalue weighted by atomic mass is 9.94. The van der Waals surface area contributed by atoms with Gasteiger partial charge in [-0.2, -0.15) is 0 Å². The zero-order valence-corrected chi connectivity index (χ0v) is 14.6. The van der Waals surface area contributed by atoms with Crippen LogP contribution in [0.3, 0.4) is 0 Å². The number of hydrogen-bond acceptors (Lipinski definition) is 3. The second kappa shape index (κ2) is 6.81. The average Bonchev–Trinajstić information content (AvgIpc) is 2.51. The van der Waals surface area contributed by atoms with Gasteiger partial charge >= 0.3 is 6.09 Å². The van der Waals surface area contributed by atoms with E-state index in [9.17, 15) is 4.79 Å². The van der Waals surface area contributed by atoms with Crippen molar-refractivity contribution >= 4 is 12.2 Å². The molecule has 4 nitrogen and oxygen atoms in total. The van der Waals surface area contributed by atoms with Gasteiger partial charge in [0.1, 0.15) is 5.60 Å². The molecule has 1 fully saturated rings. The van der Waals surface area contributed by atoms with Crippen molar-refractivity contribution < 1.29 is 14.3 Å². The minimum Gasteiger partial charge on any atom is -0.444 e. The number of morpholine rings is 1. The number of rotatable bonds is 2. The van der Waals surface area contributed by atoms with Gasteiger partial charge < -0.3 is 9.47 Å². The maximum Gasteiger partial charge on any atom is 0.411 e. The maximum atomic E-state index is 12.5. The Morgan fingerprint density at radius 1 is 1.21 bits per heavy atom. The summed E-state index contributed by atoms with van der Waals surface area (Å²) in [6, 6.07) is 10.2. The number of carbonyl (C=O) groups excluding carboxylic acids is 1. The van der Waals surface area contributed by atoms with Gasteiger partial charge in [0.2, 0.25) is 0 Å². The molecule has 1 aromatic rings. The van der Waals surface area contributed by atoms with Crippen LogP contribution in [0.1, 0.15) is 32.8 Å². The summed E-state index contributed by atoms with van der Waals surface area (Å²) in [6.07, 6.45) is 6.93. The van der Waals surface area contributed by atoms with Gasteiger partial charge in [-0.15, -0.1) is 0 Å². The molecule has 24 heavy (non-hydrogen) atoms. The molecule has 2 unspecified atom stereocenters. The number of benzene rings is 1. The summed E-state index contributed by atoms with van der Waals surface area (Å²) in [5.41, 5.74) is 1.94. The zero-order valence-electron chi connectivity index (χ0n) is 14.6. The van der Waals surface area contributed by atoms with Crippen LogP contribution in [0.5, 0.6) is 0 Å². The monoisotopic (exact) mass is 327 g/mol. The molecule has 4 heteroatoms. The van der Waals surface area contributed by atoms with Crippen LogP contribution in [0.2, 0.25) is 0 Å². The zero-order chi connectivity index (χ0) is 17.2. The van der Waals surface area contributed by atoms with Crippen LogP contribution in [0.15, 0.2) is 48.1 Å². The summed E-state index contributed by atoms with van der Waals surface area (Å²) >= 11 is 0. The Morgan fingerprint density at radius 2 is 1.96 bits per heavy atom. The van der Waals surface area contributed by atoms with E-state index in [4.69, 9.17) is 9.47 Å². The Bertz CT molecular complexity index is 643. The van der Waals surface area contributed by atoms with Crippen LogP contribution in [-0.2, 0) is 9.47 Å². The minimum atomic E-state index is -0.483. The molecule has 2 aliphatic heterocycles. The number of carbonyl (C=O) groups is 1. The van der Waals surface area contributed by atoms with Crippen LogP contribution in [0, 0.1) is 0 Å². The fraction of sp³-hybridized carbons (Fsp3) is 0.450. The normalized spacial score (nSPS) is 24.0. The van der Waals surface area contributed by atoms with Gasteiger partial charge in [-0.05, 0) is 38.3 Å². The van der Waals surface area contributed by atoms with E-state index in [0.717, 1.165) is 6.42 Å². The third-order valence-electron chi connectivity index (χ3n) is 4.12. The first-order chi connectivity index (χ1) is 11.4. The molecule has 2 bridgehead atoms. The Kier molecular flexibility index (Phi) is 4.76. The Labute approximate surface area is 143 Å². The maximum absolute atomic E-state index is 12.5. The molecule has 2 heterocycles. The topological polar surface area (TPSA) is 38.8 Å². The van der Waals surface area contributed by atoms with E-state index in [1.54, 1.807) is 0 Å². The largest absolute Gasteiger partial charge is 0.444 e. The van der Waals surface area contributed by atoms with Crippen LogP contribution in [0.4, 0.5) is 4.79 Å². The molecule has 0 aromatic heterocycles. The van der Waals surface area contributed by atoms with Gasteiger partial charge in [0.15, 0.2) is 0 Å². The molecule has 1 amide bonds. The molecular formula is C20H25NO3. The van der Waals surface area contributed by atoms with Crippen molar-refractivity contribution in [2.75, 3.05) is 13.2 Å². The lowest BCUT2D eigenvalue weighted by Crippen LogP contribution is -2.57. The van der Waals surface area contributed by atoms with E-state index < -0.39 is 5.60 Å². The number of amides is 1. The van der Waals surface area contributed by atoms with E-state index in [0.29, 0.717) is 13.2 Å². The van der Waals surface area contributed by atoms with Crippen molar-refractivity contribution in [3.63, 3.8) is 0 Å². The lowest BCUT2D eigenvalue weighted by molar-refractivity contribution is -0.0531. The van der Waals surface area contributed by atoms with Gasteiger partial charge in [0, 0.05) is 0 Å². The SMILES string of the molecule is CC(C)(C)OC(=O)N1C2C=C(/C=C/c3ccccc3)CC1COC2. The number of ether oxygens (including phenoxy) is 2. The first-order valence-electron chi connectivity index (χ1n) is 8.45.